The Balaban J connectivity index is 5.02. The molecule has 1 amide bonds. The second-order valence-corrected chi connectivity index (χ2v) is 7.04. The fourth-order valence-corrected chi connectivity index (χ4v) is 3.06. The number of carboxylic acid groups (broad SMARTS) is 1. The van der Waals surface area contributed by atoms with Gasteiger partial charge in [0.2, 0.25) is 11.7 Å². The molecule has 0 saturated carbocycles. The highest BCUT2D eigenvalue weighted by Crippen LogP contribution is 2.19. The van der Waals surface area contributed by atoms with Crippen LogP contribution in [-0.4, -0.2) is 40.8 Å². The molecule has 0 fully saturated rings. The third-order valence-corrected chi connectivity index (χ3v) is 4.95. The number of hydrogen-bond donors (Lipinski definition) is 1. The van der Waals surface area contributed by atoms with E-state index in [9.17, 15) is 14.4 Å². The lowest BCUT2D eigenvalue weighted by molar-refractivity contribution is -0.151. The third kappa shape index (κ3) is 10.3. The van der Waals surface area contributed by atoms with Crippen LogP contribution in [0.3, 0.4) is 0 Å². The van der Waals surface area contributed by atoms with Crippen LogP contribution >= 0.6 is 0 Å². The van der Waals surface area contributed by atoms with Crippen molar-refractivity contribution in [3.05, 3.63) is 0 Å². The molecule has 2 unspecified atom stereocenters. The van der Waals surface area contributed by atoms with Gasteiger partial charge in [-0.25, -0.2) is 4.79 Å². The van der Waals surface area contributed by atoms with E-state index in [4.69, 9.17) is 5.11 Å². The summed E-state index contributed by atoms with van der Waals surface area (Å²) in [5, 5.41) is 8.78. The summed E-state index contributed by atoms with van der Waals surface area (Å²) in [7, 11) is 0. The number of ketones is 1. The van der Waals surface area contributed by atoms with Crippen molar-refractivity contribution in [1.82, 2.24) is 4.90 Å². The summed E-state index contributed by atoms with van der Waals surface area (Å²) < 4.78 is 0. The first-order valence-corrected chi connectivity index (χ1v) is 9.93. The number of carbonyl (C=O) groups is 3. The minimum atomic E-state index is -1.52. The fraction of sp³-hybridized carbons (Fsp3) is 0.850. The van der Waals surface area contributed by atoms with Gasteiger partial charge in [-0.3, -0.25) is 9.59 Å². The van der Waals surface area contributed by atoms with Crippen LogP contribution in [0.5, 0.6) is 0 Å². The Morgan fingerprint density at radius 3 is 1.60 bits per heavy atom. The maximum Gasteiger partial charge on any atom is 0.372 e. The lowest BCUT2D eigenvalue weighted by Crippen LogP contribution is -2.40. The molecule has 5 heteroatoms. The van der Waals surface area contributed by atoms with Gasteiger partial charge in [-0.05, 0) is 24.7 Å². The average Bonchev–Trinajstić information content (AvgIpc) is 2.60. The summed E-state index contributed by atoms with van der Waals surface area (Å²) in [5.41, 5.74) is 0. The largest absolute Gasteiger partial charge is 0.475 e. The minimum Gasteiger partial charge on any atom is -0.475 e. The van der Waals surface area contributed by atoms with Crippen molar-refractivity contribution in [2.75, 3.05) is 13.1 Å². The smallest absolute Gasteiger partial charge is 0.372 e. The molecule has 0 aromatic heterocycles. The van der Waals surface area contributed by atoms with E-state index < -0.39 is 18.2 Å². The second-order valence-electron chi connectivity index (χ2n) is 7.04. The Morgan fingerprint density at radius 2 is 1.28 bits per heavy atom. The van der Waals surface area contributed by atoms with Crippen molar-refractivity contribution in [1.29, 1.82) is 0 Å². The van der Waals surface area contributed by atoms with E-state index in [1.54, 1.807) is 4.90 Å². The predicted molar refractivity (Wildman–Crippen MR) is 100 cm³/mol. The van der Waals surface area contributed by atoms with Crippen molar-refractivity contribution in [3.63, 3.8) is 0 Å². The van der Waals surface area contributed by atoms with E-state index in [1.807, 2.05) is 0 Å². The van der Waals surface area contributed by atoms with Crippen LogP contribution in [0.25, 0.3) is 0 Å². The number of hydrogen-bond acceptors (Lipinski definition) is 3. The fourth-order valence-electron chi connectivity index (χ4n) is 3.06. The van der Waals surface area contributed by atoms with Crippen molar-refractivity contribution < 1.29 is 19.5 Å². The Bertz CT molecular complexity index is 391. The highest BCUT2D eigenvalue weighted by atomic mass is 16.4. The van der Waals surface area contributed by atoms with E-state index in [0.29, 0.717) is 24.9 Å². The van der Waals surface area contributed by atoms with Gasteiger partial charge < -0.3 is 10.0 Å². The summed E-state index contributed by atoms with van der Waals surface area (Å²) >= 11 is 0. The summed E-state index contributed by atoms with van der Waals surface area (Å²) in [6.45, 7) is 9.81. The normalized spacial score (nSPS) is 13.3. The number of Topliss-reactive ketones (excluding diaryl/α,β-unsaturated/α-hetero) is 1. The van der Waals surface area contributed by atoms with Gasteiger partial charge in [0.25, 0.3) is 0 Å². The summed E-state index contributed by atoms with van der Waals surface area (Å²) in [5.74, 6) is -2.06. The molecular formula is C20H37NO4. The first kappa shape index (κ1) is 23.6. The molecular weight excluding hydrogens is 318 g/mol. The van der Waals surface area contributed by atoms with Crippen molar-refractivity contribution in [2.24, 2.45) is 11.8 Å². The van der Waals surface area contributed by atoms with Gasteiger partial charge in [-0.2, -0.15) is 0 Å². The molecule has 2 atom stereocenters. The zero-order valence-electron chi connectivity index (χ0n) is 16.6. The van der Waals surface area contributed by atoms with E-state index in [2.05, 4.69) is 27.7 Å². The average molecular weight is 356 g/mol. The number of rotatable bonds is 15. The van der Waals surface area contributed by atoms with Gasteiger partial charge in [-0.15, -0.1) is 0 Å². The van der Waals surface area contributed by atoms with Gasteiger partial charge in [0, 0.05) is 13.1 Å². The van der Waals surface area contributed by atoms with Crippen LogP contribution in [0.4, 0.5) is 0 Å². The monoisotopic (exact) mass is 355 g/mol. The molecule has 0 saturated heterocycles. The van der Waals surface area contributed by atoms with Crippen LogP contribution in [0.15, 0.2) is 0 Å². The van der Waals surface area contributed by atoms with Crippen LogP contribution in [0.2, 0.25) is 0 Å². The Morgan fingerprint density at radius 1 is 0.840 bits per heavy atom. The molecule has 0 aliphatic carbocycles. The first-order chi connectivity index (χ1) is 11.9. The van der Waals surface area contributed by atoms with Gasteiger partial charge in [0.15, 0.2) is 0 Å². The highest BCUT2D eigenvalue weighted by Gasteiger charge is 2.25. The summed E-state index contributed by atoms with van der Waals surface area (Å²) in [6, 6.07) is 0. The maximum atomic E-state index is 12.6. The quantitative estimate of drug-likeness (QED) is 0.351. The molecule has 0 bridgehead atoms. The summed E-state index contributed by atoms with van der Waals surface area (Å²) in [6.07, 6.45) is 8.08. The van der Waals surface area contributed by atoms with Crippen LogP contribution in [0.1, 0.15) is 85.5 Å². The SMILES string of the molecule is CCCCC(CC)CN(CC(CC)CCCC)C(=O)CC(=O)C(=O)O. The first-order valence-electron chi connectivity index (χ1n) is 9.93. The molecule has 0 aliphatic heterocycles. The predicted octanol–water partition coefficient (Wildman–Crippen LogP) is 4.29. The van der Waals surface area contributed by atoms with E-state index in [0.717, 1.165) is 51.4 Å². The Labute approximate surface area is 153 Å². The van der Waals surface area contributed by atoms with Gasteiger partial charge in [0.1, 0.15) is 0 Å². The molecule has 1 N–H and O–H groups in total. The lowest BCUT2D eigenvalue weighted by atomic mass is 9.95. The molecule has 0 aromatic rings. The summed E-state index contributed by atoms with van der Waals surface area (Å²) in [4.78, 5) is 36.6. The molecule has 0 aliphatic rings. The minimum absolute atomic E-state index is 0.336. The standard InChI is InChI=1S/C20H37NO4/c1-5-9-11-16(7-3)14-21(15-17(8-4)12-10-6-2)19(23)13-18(22)20(24)25/h16-17H,5-15H2,1-4H3,(H,24,25). The van der Waals surface area contributed by atoms with Gasteiger partial charge in [0.05, 0.1) is 6.42 Å². The molecule has 0 spiro atoms. The van der Waals surface area contributed by atoms with Crippen molar-refractivity contribution in [3.8, 4) is 0 Å². The number of amides is 1. The zero-order chi connectivity index (χ0) is 19.2. The van der Waals surface area contributed by atoms with Crippen LogP contribution < -0.4 is 0 Å². The highest BCUT2D eigenvalue weighted by molar-refractivity contribution is 6.36. The third-order valence-electron chi connectivity index (χ3n) is 4.95. The Kier molecular flexibility index (Phi) is 13.1. The zero-order valence-corrected chi connectivity index (χ0v) is 16.6. The number of nitrogens with zero attached hydrogens (tertiary/aromatic N) is 1. The second kappa shape index (κ2) is 13.9. The number of unbranched alkanes of at least 4 members (excludes halogenated alkanes) is 2. The van der Waals surface area contributed by atoms with E-state index >= 15 is 0 Å². The molecule has 0 radical (unpaired) electrons. The number of carbonyl (C=O) groups excluding carboxylic acids is 2. The van der Waals surface area contributed by atoms with Crippen molar-refractivity contribution in [2.45, 2.75) is 85.5 Å². The van der Waals surface area contributed by atoms with Crippen molar-refractivity contribution >= 4 is 17.7 Å². The maximum absolute atomic E-state index is 12.6. The van der Waals surface area contributed by atoms with E-state index in [-0.39, 0.29) is 5.91 Å². The molecule has 25 heavy (non-hydrogen) atoms. The molecule has 0 rings (SSSR count). The molecule has 0 heterocycles. The Hall–Kier alpha value is -1.39. The topological polar surface area (TPSA) is 74.7 Å². The van der Waals surface area contributed by atoms with Crippen LogP contribution in [0, 0.1) is 11.8 Å². The van der Waals surface area contributed by atoms with Gasteiger partial charge in [-0.1, -0.05) is 66.2 Å². The van der Waals surface area contributed by atoms with Gasteiger partial charge >= 0.3 is 5.97 Å². The molecule has 146 valence electrons. The molecule has 5 nitrogen and oxygen atoms in total. The number of aliphatic carboxylic acids is 1. The van der Waals surface area contributed by atoms with E-state index in [1.165, 1.54) is 0 Å². The van der Waals surface area contributed by atoms with Crippen LogP contribution in [-0.2, 0) is 14.4 Å². The number of carboxylic acids is 1. The lowest BCUT2D eigenvalue weighted by Gasteiger charge is -2.30. The molecule has 0 aromatic carbocycles.